The van der Waals surface area contributed by atoms with Crippen LogP contribution in [0, 0.1) is 0 Å². The molecular formula is C36H67N2O+. The lowest BCUT2D eigenvalue weighted by molar-refractivity contribution is -0.941. The number of rotatable bonds is 28. The molecule has 0 saturated carbocycles. The molecule has 0 aromatic heterocycles. The van der Waals surface area contributed by atoms with Gasteiger partial charge in [0.25, 0.3) is 0 Å². The summed E-state index contributed by atoms with van der Waals surface area (Å²) in [5, 5.41) is 3.23. The van der Waals surface area contributed by atoms with Gasteiger partial charge in [0.05, 0.1) is 19.6 Å². The summed E-state index contributed by atoms with van der Waals surface area (Å²) in [6.45, 7) is 12.5. The highest BCUT2D eigenvalue weighted by Gasteiger charge is 2.26. The van der Waals surface area contributed by atoms with Crippen molar-refractivity contribution in [3.05, 3.63) is 35.9 Å². The van der Waals surface area contributed by atoms with Crippen molar-refractivity contribution in [1.29, 1.82) is 0 Å². The lowest BCUT2D eigenvalue weighted by Gasteiger charge is -2.39. The maximum absolute atomic E-state index is 12.4. The first-order valence-corrected chi connectivity index (χ1v) is 17.3. The molecule has 0 saturated heterocycles. The van der Waals surface area contributed by atoms with Gasteiger partial charge in [0.15, 0.2) is 0 Å². The van der Waals surface area contributed by atoms with Gasteiger partial charge in [-0.15, -0.1) is 0 Å². The molecule has 0 atom stereocenters. The Hall–Kier alpha value is -1.35. The molecule has 1 aromatic carbocycles. The Labute approximate surface area is 244 Å². The maximum atomic E-state index is 12.4. The standard InChI is InChI=1S/C36H66N2O/c1-4-7-10-11-12-13-14-15-16-17-18-19-20-21-25-29-36(39)37-30-26-33-38(31-8-5-2,32-9-6-3)34-35-27-23-22-24-28-35/h22-24,27-28H,4-21,25-26,29-34H2,1-3H3/p+1. The highest BCUT2D eigenvalue weighted by Crippen LogP contribution is 2.19. The zero-order valence-electron chi connectivity index (χ0n) is 26.6. The van der Waals surface area contributed by atoms with E-state index in [1.54, 1.807) is 0 Å². The van der Waals surface area contributed by atoms with Gasteiger partial charge < -0.3 is 9.80 Å². The summed E-state index contributed by atoms with van der Waals surface area (Å²) in [5.41, 5.74) is 1.45. The number of hydrogen-bond acceptors (Lipinski definition) is 1. The lowest BCUT2D eigenvalue weighted by atomic mass is 10.0. The van der Waals surface area contributed by atoms with E-state index in [-0.39, 0.29) is 5.91 Å². The molecule has 226 valence electrons. The van der Waals surface area contributed by atoms with E-state index in [2.05, 4.69) is 56.4 Å². The number of unbranched alkanes of at least 4 members (excludes halogenated alkanes) is 16. The number of benzene rings is 1. The van der Waals surface area contributed by atoms with Crippen molar-refractivity contribution in [2.45, 2.75) is 162 Å². The summed E-state index contributed by atoms with van der Waals surface area (Å²) in [4.78, 5) is 12.4. The van der Waals surface area contributed by atoms with Crippen LogP contribution < -0.4 is 5.32 Å². The minimum Gasteiger partial charge on any atom is -0.356 e. The molecule has 3 heteroatoms. The molecule has 1 N–H and O–H groups in total. The second kappa shape index (κ2) is 25.6. The average Bonchev–Trinajstić information content (AvgIpc) is 2.95. The Morgan fingerprint density at radius 2 is 1.00 bits per heavy atom. The van der Waals surface area contributed by atoms with E-state index in [9.17, 15) is 4.79 Å². The summed E-state index contributed by atoms with van der Waals surface area (Å²) in [6, 6.07) is 11.0. The van der Waals surface area contributed by atoms with Crippen molar-refractivity contribution in [1.82, 2.24) is 5.32 Å². The third-order valence-corrected chi connectivity index (χ3v) is 8.47. The molecule has 0 bridgehead atoms. The van der Waals surface area contributed by atoms with Crippen LogP contribution in [0.5, 0.6) is 0 Å². The number of carbonyl (C=O) groups is 1. The molecule has 39 heavy (non-hydrogen) atoms. The monoisotopic (exact) mass is 544 g/mol. The number of carbonyl (C=O) groups excluding carboxylic acids is 1. The summed E-state index contributed by atoms with van der Waals surface area (Å²) in [6.07, 6.45) is 27.3. The minimum absolute atomic E-state index is 0.257. The second-order valence-electron chi connectivity index (χ2n) is 12.3. The van der Waals surface area contributed by atoms with Gasteiger partial charge in [0.1, 0.15) is 6.54 Å². The molecule has 3 nitrogen and oxygen atoms in total. The summed E-state index contributed by atoms with van der Waals surface area (Å²) in [5.74, 6) is 0.257. The van der Waals surface area contributed by atoms with Gasteiger partial charge in [0.2, 0.25) is 5.91 Å². The van der Waals surface area contributed by atoms with Gasteiger partial charge in [-0.2, -0.15) is 0 Å². The molecule has 0 radical (unpaired) electrons. The average molecular weight is 544 g/mol. The van der Waals surface area contributed by atoms with Crippen molar-refractivity contribution in [2.24, 2.45) is 0 Å². The molecule has 0 unspecified atom stereocenters. The molecule has 0 aliphatic carbocycles. The number of hydrogen-bond donors (Lipinski definition) is 1. The SMILES string of the molecule is CCCCCCCCCCCCCCCCCC(=O)NCCC[N+](CCCC)(CCCC)Cc1ccccc1. The van der Waals surface area contributed by atoms with Crippen LogP contribution in [-0.4, -0.2) is 36.6 Å². The Morgan fingerprint density at radius 1 is 0.564 bits per heavy atom. The van der Waals surface area contributed by atoms with Gasteiger partial charge in [0, 0.05) is 24.9 Å². The normalized spacial score (nSPS) is 11.7. The number of quaternary nitrogens is 1. The van der Waals surface area contributed by atoms with Crippen LogP contribution in [0.4, 0.5) is 0 Å². The maximum Gasteiger partial charge on any atom is 0.219 e. The first kappa shape index (κ1) is 35.7. The van der Waals surface area contributed by atoms with Crippen molar-refractivity contribution in [3.63, 3.8) is 0 Å². The molecule has 1 aromatic rings. The lowest BCUT2D eigenvalue weighted by Crippen LogP contribution is -2.50. The number of nitrogens with zero attached hydrogens (tertiary/aromatic N) is 1. The van der Waals surface area contributed by atoms with E-state index in [1.807, 2.05) is 0 Å². The van der Waals surface area contributed by atoms with Crippen LogP contribution in [-0.2, 0) is 11.3 Å². The van der Waals surface area contributed by atoms with Crippen LogP contribution in [0.15, 0.2) is 30.3 Å². The first-order chi connectivity index (χ1) is 19.2. The Morgan fingerprint density at radius 3 is 1.49 bits per heavy atom. The van der Waals surface area contributed by atoms with E-state index in [0.717, 1.165) is 32.5 Å². The Bertz CT molecular complexity index is 651. The summed E-state index contributed by atoms with van der Waals surface area (Å²) in [7, 11) is 0. The van der Waals surface area contributed by atoms with Crippen molar-refractivity contribution >= 4 is 5.91 Å². The Kier molecular flexibility index (Phi) is 23.4. The summed E-state index contributed by atoms with van der Waals surface area (Å²) >= 11 is 0. The first-order valence-electron chi connectivity index (χ1n) is 17.3. The van der Waals surface area contributed by atoms with Crippen molar-refractivity contribution in [2.75, 3.05) is 26.2 Å². The van der Waals surface area contributed by atoms with Gasteiger partial charge in [-0.25, -0.2) is 0 Å². The van der Waals surface area contributed by atoms with Gasteiger partial charge in [-0.05, 0) is 19.3 Å². The fourth-order valence-corrected chi connectivity index (χ4v) is 5.92. The van der Waals surface area contributed by atoms with Crippen LogP contribution >= 0.6 is 0 Å². The predicted octanol–water partition coefficient (Wildman–Crippen LogP) is 10.4. The van der Waals surface area contributed by atoms with Gasteiger partial charge in [-0.3, -0.25) is 4.79 Å². The van der Waals surface area contributed by atoms with Crippen molar-refractivity contribution in [3.8, 4) is 0 Å². The quantitative estimate of drug-likeness (QED) is 0.0826. The molecular weight excluding hydrogens is 476 g/mol. The molecule has 0 heterocycles. The van der Waals surface area contributed by atoms with Crippen LogP contribution in [0.2, 0.25) is 0 Å². The molecule has 0 aliphatic heterocycles. The van der Waals surface area contributed by atoms with Crippen LogP contribution in [0.3, 0.4) is 0 Å². The van der Waals surface area contributed by atoms with E-state index in [1.165, 1.54) is 139 Å². The third-order valence-electron chi connectivity index (χ3n) is 8.47. The van der Waals surface area contributed by atoms with Gasteiger partial charge in [-0.1, -0.05) is 154 Å². The minimum atomic E-state index is 0.257. The highest BCUT2D eigenvalue weighted by atomic mass is 16.1. The number of nitrogens with one attached hydrogen (secondary N) is 1. The van der Waals surface area contributed by atoms with E-state index in [0.29, 0.717) is 6.42 Å². The molecule has 0 spiro atoms. The molecule has 1 rings (SSSR count). The smallest absolute Gasteiger partial charge is 0.219 e. The van der Waals surface area contributed by atoms with E-state index >= 15 is 0 Å². The topological polar surface area (TPSA) is 29.1 Å². The van der Waals surface area contributed by atoms with Crippen LogP contribution in [0.1, 0.15) is 161 Å². The molecule has 0 aliphatic rings. The van der Waals surface area contributed by atoms with Crippen LogP contribution in [0.25, 0.3) is 0 Å². The van der Waals surface area contributed by atoms with E-state index < -0.39 is 0 Å². The Balaban J connectivity index is 2.12. The van der Waals surface area contributed by atoms with Gasteiger partial charge >= 0.3 is 0 Å². The number of amides is 1. The largest absolute Gasteiger partial charge is 0.356 e. The molecule has 0 fully saturated rings. The predicted molar refractivity (Wildman–Crippen MR) is 172 cm³/mol. The molecule has 1 amide bonds. The van der Waals surface area contributed by atoms with Crippen molar-refractivity contribution < 1.29 is 9.28 Å². The third kappa shape index (κ3) is 20.2. The highest BCUT2D eigenvalue weighted by molar-refractivity contribution is 5.75. The zero-order valence-corrected chi connectivity index (χ0v) is 26.6. The second-order valence-corrected chi connectivity index (χ2v) is 12.3. The van der Waals surface area contributed by atoms with E-state index in [4.69, 9.17) is 0 Å². The fourth-order valence-electron chi connectivity index (χ4n) is 5.92. The zero-order chi connectivity index (χ0) is 28.3. The summed E-state index contributed by atoms with van der Waals surface area (Å²) < 4.78 is 1.17. The fraction of sp³-hybridized carbons (Fsp3) is 0.806.